The average molecular weight is 346 g/mol. The van der Waals surface area contributed by atoms with Gasteiger partial charge in [0.1, 0.15) is 11.3 Å². The number of rotatable bonds is 5. The maximum Gasteiger partial charge on any atom is 0.282 e. The summed E-state index contributed by atoms with van der Waals surface area (Å²) >= 11 is 12.0. The summed E-state index contributed by atoms with van der Waals surface area (Å²) in [5, 5.41) is 12.5. The Bertz CT molecular complexity index is 632. The first-order valence-electron chi connectivity index (χ1n) is 6.72. The molecule has 120 valence electrons. The summed E-state index contributed by atoms with van der Waals surface area (Å²) in [6.07, 6.45) is 0.461. The number of carbonyl (C=O) groups is 1. The highest BCUT2D eigenvalue weighted by Crippen LogP contribution is 2.42. The van der Waals surface area contributed by atoms with Gasteiger partial charge in [-0.3, -0.25) is 4.79 Å². The number of aliphatic hydroxyl groups is 1. The van der Waals surface area contributed by atoms with Gasteiger partial charge in [-0.2, -0.15) is 0 Å². The molecule has 1 atom stereocenters. The van der Waals surface area contributed by atoms with Gasteiger partial charge in [-0.15, -0.1) is 0 Å². The average Bonchev–Trinajstić information content (AvgIpc) is 2.66. The molecule has 0 radical (unpaired) electrons. The van der Waals surface area contributed by atoms with E-state index < -0.39 is 11.4 Å². The van der Waals surface area contributed by atoms with E-state index in [4.69, 9.17) is 32.8 Å². The second-order valence-corrected chi connectivity index (χ2v) is 5.95. The third-order valence-corrected chi connectivity index (χ3v) is 4.33. The van der Waals surface area contributed by atoms with Gasteiger partial charge in [-0.05, 0) is 25.5 Å². The first kappa shape index (κ1) is 17.1. The van der Waals surface area contributed by atoms with Crippen LogP contribution >= 0.6 is 23.2 Å². The fourth-order valence-corrected chi connectivity index (χ4v) is 2.85. The Hall–Kier alpha value is -1.27. The maximum absolute atomic E-state index is 12.7. The molecule has 1 heterocycles. The minimum atomic E-state index is -0.978. The van der Waals surface area contributed by atoms with E-state index in [9.17, 15) is 9.90 Å². The Morgan fingerprint density at radius 1 is 1.36 bits per heavy atom. The third-order valence-electron chi connectivity index (χ3n) is 3.78. The van der Waals surface area contributed by atoms with E-state index in [2.05, 4.69) is 0 Å². The van der Waals surface area contributed by atoms with E-state index in [-0.39, 0.29) is 23.1 Å². The van der Waals surface area contributed by atoms with Crippen LogP contribution in [0.2, 0.25) is 10.0 Å². The number of halogens is 2. The van der Waals surface area contributed by atoms with Gasteiger partial charge < -0.3 is 9.84 Å². The number of methoxy groups -OCH3 is 1. The Kier molecular flexibility index (Phi) is 5.02. The number of hydrogen-bond acceptors (Lipinski definition) is 4. The van der Waals surface area contributed by atoms with Gasteiger partial charge in [0, 0.05) is 17.7 Å². The molecule has 1 aliphatic heterocycles. The first-order chi connectivity index (χ1) is 10.4. The molecular weight excluding hydrogens is 329 g/mol. The number of aliphatic hydroxyl groups excluding tert-OH is 1. The molecule has 7 heteroatoms. The quantitative estimate of drug-likeness (QED) is 0.824. The van der Waals surface area contributed by atoms with E-state index in [1.54, 1.807) is 19.1 Å². The lowest BCUT2D eigenvalue weighted by Crippen LogP contribution is -2.45. The number of ether oxygens (including phenoxy) is 1. The first-order valence-corrected chi connectivity index (χ1v) is 7.48. The van der Waals surface area contributed by atoms with Crippen molar-refractivity contribution in [2.24, 2.45) is 0 Å². The third kappa shape index (κ3) is 2.70. The van der Waals surface area contributed by atoms with Crippen LogP contribution in [0.3, 0.4) is 0 Å². The molecule has 2 rings (SSSR count). The summed E-state index contributed by atoms with van der Waals surface area (Å²) in [7, 11) is 1.45. The smallest absolute Gasteiger partial charge is 0.282 e. The number of nitrogens with zero attached hydrogens (tertiary/aromatic N) is 1. The zero-order valence-corrected chi connectivity index (χ0v) is 14.0. The van der Waals surface area contributed by atoms with Crippen molar-refractivity contribution in [2.75, 3.05) is 13.9 Å². The molecule has 22 heavy (non-hydrogen) atoms. The minimum absolute atomic E-state index is 0.0830. The van der Waals surface area contributed by atoms with Crippen molar-refractivity contribution < 1.29 is 19.5 Å². The molecule has 0 saturated heterocycles. The van der Waals surface area contributed by atoms with Crippen LogP contribution in [0.5, 0.6) is 0 Å². The van der Waals surface area contributed by atoms with Crippen LogP contribution < -0.4 is 0 Å². The fraction of sp³-hybridized carbons (Fsp3) is 0.400. The maximum atomic E-state index is 12.7. The Labute approximate surface area is 139 Å². The predicted octanol–water partition coefficient (Wildman–Crippen LogP) is 3.81. The lowest BCUT2D eigenvalue weighted by Gasteiger charge is -2.32. The molecule has 1 amide bonds. The monoisotopic (exact) mass is 345 g/mol. The van der Waals surface area contributed by atoms with Crippen molar-refractivity contribution >= 4 is 34.7 Å². The molecule has 0 aliphatic carbocycles. The Morgan fingerprint density at radius 3 is 2.59 bits per heavy atom. The molecular formula is C15H17Cl2NO4. The van der Waals surface area contributed by atoms with E-state index in [0.717, 1.165) is 5.06 Å². The zero-order valence-electron chi connectivity index (χ0n) is 12.5. The van der Waals surface area contributed by atoms with Gasteiger partial charge in [-0.1, -0.05) is 36.2 Å². The van der Waals surface area contributed by atoms with E-state index >= 15 is 0 Å². The number of hydrogen-bond donors (Lipinski definition) is 1. The summed E-state index contributed by atoms with van der Waals surface area (Å²) in [5.74, 6) is -0.552. The van der Waals surface area contributed by atoms with Crippen LogP contribution in [0.4, 0.5) is 0 Å². The van der Waals surface area contributed by atoms with Crippen molar-refractivity contribution in [1.82, 2.24) is 5.06 Å². The molecule has 5 nitrogen and oxygen atoms in total. The van der Waals surface area contributed by atoms with Gasteiger partial charge in [0.25, 0.3) is 5.91 Å². The molecule has 0 bridgehead atoms. The largest absolute Gasteiger partial charge is 0.509 e. The zero-order chi connectivity index (χ0) is 16.5. The number of carbonyl (C=O) groups excluding carboxylic acids is 1. The highest BCUT2D eigenvalue weighted by molar-refractivity contribution is 6.37. The van der Waals surface area contributed by atoms with Crippen molar-refractivity contribution in [3.63, 3.8) is 0 Å². The van der Waals surface area contributed by atoms with Crippen molar-refractivity contribution in [1.29, 1.82) is 0 Å². The summed E-state index contributed by atoms with van der Waals surface area (Å²) in [4.78, 5) is 18.0. The van der Waals surface area contributed by atoms with Crippen LogP contribution in [-0.2, 0) is 14.4 Å². The van der Waals surface area contributed by atoms with Gasteiger partial charge in [0.2, 0.25) is 0 Å². The molecule has 0 saturated carbocycles. The van der Waals surface area contributed by atoms with Crippen LogP contribution in [0.15, 0.2) is 24.0 Å². The molecule has 1 N–H and O–H groups in total. The molecule has 0 fully saturated rings. The van der Waals surface area contributed by atoms with Crippen molar-refractivity contribution in [3.05, 3.63) is 39.6 Å². The van der Waals surface area contributed by atoms with Gasteiger partial charge in [0.15, 0.2) is 6.79 Å². The number of benzene rings is 1. The topological polar surface area (TPSA) is 59.0 Å². The van der Waals surface area contributed by atoms with E-state index in [1.165, 1.54) is 13.2 Å². The number of hydroxylamine groups is 2. The Morgan fingerprint density at radius 2 is 2.05 bits per heavy atom. The van der Waals surface area contributed by atoms with Gasteiger partial charge >= 0.3 is 0 Å². The minimum Gasteiger partial charge on any atom is -0.509 e. The molecule has 1 aromatic rings. The fourth-order valence-electron chi connectivity index (χ4n) is 2.34. The lowest BCUT2D eigenvalue weighted by molar-refractivity contribution is -0.241. The van der Waals surface area contributed by atoms with Crippen molar-refractivity contribution in [3.8, 4) is 0 Å². The summed E-state index contributed by atoms with van der Waals surface area (Å²) in [5.41, 5.74) is -0.452. The highest BCUT2D eigenvalue weighted by atomic mass is 35.5. The highest BCUT2D eigenvalue weighted by Gasteiger charge is 2.50. The van der Waals surface area contributed by atoms with Crippen LogP contribution in [0.1, 0.15) is 25.8 Å². The predicted molar refractivity (Wildman–Crippen MR) is 84.5 cm³/mol. The van der Waals surface area contributed by atoms with E-state index in [1.807, 2.05) is 6.92 Å². The molecule has 0 spiro atoms. The number of amides is 1. The van der Waals surface area contributed by atoms with E-state index in [0.29, 0.717) is 17.0 Å². The lowest BCUT2D eigenvalue weighted by atomic mass is 9.95. The second-order valence-electron chi connectivity index (χ2n) is 5.11. The van der Waals surface area contributed by atoms with Crippen LogP contribution in [0.25, 0.3) is 5.57 Å². The van der Waals surface area contributed by atoms with Crippen LogP contribution in [-0.4, -0.2) is 35.5 Å². The SMILES string of the molecule is CCC1(C)C(O)=C(c2ccc(Cl)cc2Cl)C(=O)N1OCOC. The summed E-state index contributed by atoms with van der Waals surface area (Å²) in [6.45, 7) is 3.46. The summed E-state index contributed by atoms with van der Waals surface area (Å²) in [6, 6.07) is 4.73. The standard InChI is InChI=1S/C15H17Cl2NO4/c1-4-15(2)13(19)12(14(20)18(15)22-8-21-3)10-6-5-9(16)7-11(10)17/h5-7,19H,4,8H2,1-3H3. The van der Waals surface area contributed by atoms with Crippen LogP contribution in [0, 0.1) is 0 Å². The molecule has 1 unspecified atom stereocenters. The normalized spacial score (nSPS) is 21.9. The molecule has 1 aromatic carbocycles. The van der Waals surface area contributed by atoms with Gasteiger partial charge in [0.05, 0.1) is 10.6 Å². The molecule has 1 aliphatic rings. The molecule has 0 aromatic heterocycles. The summed E-state index contributed by atoms with van der Waals surface area (Å²) < 4.78 is 4.85. The van der Waals surface area contributed by atoms with Gasteiger partial charge in [-0.25, -0.2) is 9.90 Å². The Balaban J connectivity index is 2.52. The van der Waals surface area contributed by atoms with Crippen molar-refractivity contribution in [2.45, 2.75) is 25.8 Å². The second kappa shape index (κ2) is 6.46.